The van der Waals surface area contributed by atoms with Gasteiger partial charge in [0.05, 0.1) is 0 Å². The minimum Gasteiger partial charge on any atom is -0.378 e. The summed E-state index contributed by atoms with van der Waals surface area (Å²) < 4.78 is 2.17. The molecule has 104 valence electrons. The maximum Gasteiger partial charge on any atom is 0.205 e. The zero-order valence-corrected chi connectivity index (χ0v) is 13.4. The first-order valence-electron chi connectivity index (χ1n) is 6.41. The van der Waals surface area contributed by atoms with Gasteiger partial charge in [-0.2, -0.15) is 4.57 Å². The molecule has 0 radical (unpaired) electrons. The van der Waals surface area contributed by atoms with Crippen LogP contribution in [0.15, 0.2) is 48.7 Å². The van der Waals surface area contributed by atoms with E-state index in [4.69, 9.17) is 0 Å². The van der Waals surface area contributed by atoms with Crippen LogP contribution in [0, 0.1) is 0 Å². The van der Waals surface area contributed by atoms with Crippen LogP contribution in [0.25, 0.3) is 12.2 Å². The van der Waals surface area contributed by atoms with Crippen LogP contribution in [0.3, 0.4) is 0 Å². The third-order valence-electron chi connectivity index (χ3n) is 3.03. The number of rotatable bonds is 5. The van der Waals surface area contributed by atoms with Crippen molar-refractivity contribution in [1.29, 1.82) is 0 Å². The van der Waals surface area contributed by atoms with Gasteiger partial charge in [0.2, 0.25) is 11.6 Å². The minimum absolute atomic E-state index is 0.836. The van der Waals surface area contributed by atoms with Gasteiger partial charge in [-0.3, -0.25) is 0 Å². The van der Waals surface area contributed by atoms with Crippen LogP contribution in [0.1, 0.15) is 11.3 Å². The summed E-state index contributed by atoms with van der Waals surface area (Å²) >= 11 is 4.21. The van der Waals surface area contributed by atoms with E-state index in [0.29, 0.717) is 0 Å². The normalized spacial score (nSPS) is 10.9. The topological polar surface area (TPSA) is 7.12 Å². The molecule has 20 heavy (non-hydrogen) atoms. The number of aromatic nitrogens is 1. The highest BCUT2D eigenvalue weighted by Crippen LogP contribution is 2.14. The highest BCUT2D eigenvalue weighted by Gasteiger charge is 2.04. The molecule has 0 bridgehead atoms. The Bertz CT molecular complexity index is 577. The Morgan fingerprint density at radius 2 is 1.85 bits per heavy atom. The predicted octanol–water partition coefficient (Wildman–Crippen LogP) is 3.75. The van der Waals surface area contributed by atoms with Crippen LogP contribution >= 0.6 is 22.5 Å². The van der Waals surface area contributed by atoms with E-state index >= 15 is 0 Å². The fraction of sp³-hybridized carbons (Fsp3) is 0.188. The lowest BCUT2D eigenvalue weighted by Crippen LogP contribution is -2.34. The van der Waals surface area contributed by atoms with Crippen LogP contribution < -0.4 is 9.47 Å². The summed E-state index contributed by atoms with van der Waals surface area (Å²) in [6.45, 7) is 0. The lowest BCUT2D eigenvalue weighted by molar-refractivity contribution is -0.677. The Hall–Kier alpha value is -1.39. The largest absolute Gasteiger partial charge is 0.378 e. The molecule has 1 aromatic carbocycles. The van der Waals surface area contributed by atoms with E-state index in [1.54, 1.807) is 0 Å². The van der Waals surface area contributed by atoms with Gasteiger partial charge in [0.25, 0.3) is 0 Å². The molecule has 0 unspecified atom stereocenters. The molecule has 0 fully saturated rings. The SMILES string of the molecule is CN(C)c1ccc(/C=C/c2cccc[n+]2CSS)cc1. The molecule has 2 rings (SSSR count). The van der Waals surface area contributed by atoms with E-state index in [0.717, 1.165) is 5.88 Å². The predicted molar refractivity (Wildman–Crippen MR) is 92.9 cm³/mol. The molecule has 1 heterocycles. The molecule has 0 amide bonds. The van der Waals surface area contributed by atoms with E-state index in [1.165, 1.54) is 27.7 Å². The lowest BCUT2D eigenvalue weighted by atomic mass is 10.1. The second-order valence-corrected chi connectivity index (χ2v) is 5.96. The molecule has 2 nitrogen and oxygen atoms in total. The number of nitrogens with zero attached hydrogens (tertiary/aromatic N) is 2. The van der Waals surface area contributed by atoms with Gasteiger partial charge < -0.3 is 4.90 Å². The maximum absolute atomic E-state index is 4.21. The zero-order valence-electron chi connectivity index (χ0n) is 11.7. The van der Waals surface area contributed by atoms with Crippen LogP contribution in [0.4, 0.5) is 5.69 Å². The minimum atomic E-state index is 0.836. The molecule has 4 heteroatoms. The van der Waals surface area contributed by atoms with Crippen molar-refractivity contribution in [3.05, 3.63) is 59.9 Å². The molecule has 0 aliphatic heterocycles. The smallest absolute Gasteiger partial charge is 0.205 e. The van der Waals surface area contributed by atoms with Gasteiger partial charge in [0.15, 0.2) is 6.20 Å². The fourth-order valence-corrected chi connectivity index (χ4v) is 2.62. The highest BCUT2D eigenvalue weighted by atomic mass is 33.1. The Morgan fingerprint density at radius 3 is 2.50 bits per heavy atom. The summed E-state index contributed by atoms with van der Waals surface area (Å²) in [6.07, 6.45) is 6.33. The van der Waals surface area contributed by atoms with Crippen LogP contribution in [0.5, 0.6) is 0 Å². The molecule has 0 aliphatic carbocycles. The quantitative estimate of drug-likeness (QED) is 0.511. The lowest BCUT2D eigenvalue weighted by Gasteiger charge is -2.11. The third-order valence-corrected chi connectivity index (χ3v) is 3.77. The molecular formula is C16H19N2S2+. The van der Waals surface area contributed by atoms with Gasteiger partial charge in [-0.05, 0) is 40.6 Å². The molecule has 1 aromatic heterocycles. The van der Waals surface area contributed by atoms with Gasteiger partial charge in [-0.25, -0.2) is 0 Å². The Labute approximate surface area is 129 Å². The summed E-state index contributed by atoms with van der Waals surface area (Å²) in [7, 11) is 5.61. The third kappa shape index (κ3) is 4.05. The van der Waals surface area contributed by atoms with Crippen molar-refractivity contribution < 1.29 is 4.57 Å². The van der Waals surface area contributed by atoms with Crippen LogP contribution in [-0.4, -0.2) is 14.1 Å². The standard InChI is InChI=1S/C16H18N2S2/c1-17(2)15-9-6-14(7-10-15)8-11-16-5-3-4-12-18(16)13-20-19/h3-12H,13H2,1-2H3/p+1. The fourth-order valence-electron chi connectivity index (χ4n) is 1.89. The number of pyridine rings is 1. The van der Waals surface area contributed by atoms with Crippen molar-refractivity contribution in [2.75, 3.05) is 19.0 Å². The number of thiol groups is 1. The van der Waals surface area contributed by atoms with Crippen molar-refractivity contribution in [1.82, 2.24) is 0 Å². The van der Waals surface area contributed by atoms with Gasteiger partial charge in [-0.1, -0.05) is 12.1 Å². The van der Waals surface area contributed by atoms with Gasteiger partial charge in [0.1, 0.15) is 0 Å². The first-order valence-corrected chi connectivity index (χ1v) is 8.45. The van der Waals surface area contributed by atoms with E-state index in [-0.39, 0.29) is 0 Å². The van der Waals surface area contributed by atoms with Crippen molar-refractivity contribution in [2.45, 2.75) is 5.88 Å². The highest BCUT2D eigenvalue weighted by molar-refractivity contribution is 8.68. The second-order valence-electron chi connectivity index (χ2n) is 4.67. The van der Waals surface area contributed by atoms with Crippen molar-refractivity contribution in [3.8, 4) is 0 Å². The Kier molecular flexibility index (Phi) is 5.56. The molecule has 0 aliphatic rings. The summed E-state index contributed by atoms with van der Waals surface area (Å²) in [5, 5.41) is 0. The van der Waals surface area contributed by atoms with Crippen LogP contribution in [-0.2, 0) is 5.88 Å². The molecule has 0 N–H and O–H groups in total. The maximum atomic E-state index is 4.21. The monoisotopic (exact) mass is 303 g/mol. The van der Waals surface area contributed by atoms with Crippen molar-refractivity contribution >= 4 is 40.3 Å². The molecule has 2 aromatic rings. The van der Waals surface area contributed by atoms with E-state index in [2.05, 4.69) is 75.9 Å². The van der Waals surface area contributed by atoms with E-state index in [9.17, 15) is 0 Å². The summed E-state index contributed by atoms with van der Waals surface area (Å²) in [6, 6.07) is 14.7. The van der Waals surface area contributed by atoms with Gasteiger partial charge in [-0.15, -0.1) is 11.7 Å². The zero-order chi connectivity index (χ0) is 14.4. The molecular weight excluding hydrogens is 284 g/mol. The first kappa shape index (κ1) is 15.0. The number of benzene rings is 1. The molecule has 0 saturated carbocycles. The van der Waals surface area contributed by atoms with Crippen molar-refractivity contribution in [2.24, 2.45) is 0 Å². The average Bonchev–Trinajstić information content (AvgIpc) is 2.47. The average molecular weight is 303 g/mol. The van der Waals surface area contributed by atoms with Crippen molar-refractivity contribution in [3.63, 3.8) is 0 Å². The number of hydrogen-bond donors (Lipinski definition) is 1. The Morgan fingerprint density at radius 1 is 1.10 bits per heavy atom. The molecule has 0 atom stereocenters. The van der Waals surface area contributed by atoms with Crippen LogP contribution in [0.2, 0.25) is 0 Å². The molecule has 0 spiro atoms. The first-order chi connectivity index (χ1) is 9.70. The second kappa shape index (κ2) is 7.41. The Balaban J connectivity index is 2.16. The van der Waals surface area contributed by atoms with E-state index in [1.807, 2.05) is 20.2 Å². The summed E-state index contributed by atoms with van der Waals surface area (Å²) in [5.74, 6) is 0.836. The van der Waals surface area contributed by atoms with Gasteiger partial charge in [0, 0.05) is 38.0 Å². The van der Waals surface area contributed by atoms with E-state index < -0.39 is 0 Å². The number of hydrogen-bond acceptors (Lipinski definition) is 3. The summed E-state index contributed by atoms with van der Waals surface area (Å²) in [5.41, 5.74) is 3.58. The summed E-state index contributed by atoms with van der Waals surface area (Å²) in [4.78, 5) is 2.10. The number of anilines is 1. The van der Waals surface area contributed by atoms with Gasteiger partial charge >= 0.3 is 0 Å². The molecule has 0 saturated heterocycles.